The van der Waals surface area contributed by atoms with Gasteiger partial charge in [0.1, 0.15) is 0 Å². The van der Waals surface area contributed by atoms with E-state index < -0.39 is 15.6 Å². The van der Waals surface area contributed by atoms with Crippen molar-refractivity contribution in [3.05, 3.63) is 83.3 Å². The van der Waals surface area contributed by atoms with Gasteiger partial charge in [0.15, 0.2) is 5.65 Å². The SMILES string of the molecule is CS(=O)(=O)Nc1cccc(-c2cccc(-c3cc(=O)n(O)c4ncccc34)c2)c1. The first-order chi connectivity index (χ1) is 13.8. The van der Waals surface area contributed by atoms with Crippen molar-refractivity contribution in [3.63, 3.8) is 0 Å². The lowest BCUT2D eigenvalue weighted by molar-refractivity contribution is 0.187. The maximum atomic E-state index is 12.2. The largest absolute Gasteiger partial charge is 0.423 e. The normalized spacial score (nSPS) is 11.5. The Kier molecular flexibility index (Phi) is 4.56. The molecule has 2 aromatic heterocycles. The summed E-state index contributed by atoms with van der Waals surface area (Å²) in [5.74, 6) is 0. The Balaban J connectivity index is 1.84. The minimum absolute atomic E-state index is 0.180. The molecule has 4 aromatic rings. The van der Waals surface area contributed by atoms with E-state index in [9.17, 15) is 18.4 Å². The number of benzene rings is 2. The zero-order valence-corrected chi connectivity index (χ0v) is 16.2. The number of aromatic nitrogens is 2. The number of nitrogens with zero attached hydrogens (tertiary/aromatic N) is 2. The Labute approximate surface area is 166 Å². The molecule has 0 fully saturated rings. The van der Waals surface area contributed by atoms with Crippen LogP contribution in [0.25, 0.3) is 33.3 Å². The molecular formula is C21H17N3O4S. The average Bonchev–Trinajstić information content (AvgIpc) is 2.70. The summed E-state index contributed by atoms with van der Waals surface area (Å²) in [6.07, 6.45) is 2.61. The molecule has 0 aliphatic carbocycles. The molecule has 2 heterocycles. The van der Waals surface area contributed by atoms with Gasteiger partial charge in [-0.15, -0.1) is 4.73 Å². The van der Waals surface area contributed by atoms with Crippen molar-refractivity contribution in [2.45, 2.75) is 0 Å². The Bertz CT molecular complexity index is 1390. The van der Waals surface area contributed by atoms with E-state index in [-0.39, 0.29) is 5.65 Å². The Morgan fingerprint density at radius 1 is 0.931 bits per heavy atom. The van der Waals surface area contributed by atoms with Gasteiger partial charge in [0.25, 0.3) is 5.56 Å². The highest BCUT2D eigenvalue weighted by molar-refractivity contribution is 7.92. The lowest BCUT2D eigenvalue weighted by Gasteiger charge is -2.11. The summed E-state index contributed by atoms with van der Waals surface area (Å²) in [5.41, 5.74) is 3.17. The molecule has 29 heavy (non-hydrogen) atoms. The maximum absolute atomic E-state index is 12.2. The summed E-state index contributed by atoms with van der Waals surface area (Å²) in [7, 11) is -3.38. The van der Waals surface area contributed by atoms with E-state index in [4.69, 9.17) is 0 Å². The fourth-order valence-corrected chi connectivity index (χ4v) is 3.78. The van der Waals surface area contributed by atoms with Gasteiger partial charge in [-0.3, -0.25) is 9.52 Å². The molecule has 0 aliphatic rings. The van der Waals surface area contributed by atoms with Crippen LogP contribution in [0.4, 0.5) is 5.69 Å². The molecule has 2 N–H and O–H groups in total. The third-order valence-electron chi connectivity index (χ3n) is 4.43. The Morgan fingerprint density at radius 3 is 2.38 bits per heavy atom. The van der Waals surface area contributed by atoms with Gasteiger partial charge in [0.05, 0.1) is 6.26 Å². The minimum Gasteiger partial charge on any atom is -0.423 e. The van der Waals surface area contributed by atoms with E-state index in [0.29, 0.717) is 21.4 Å². The van der Waals surface area contributed by atoms with Crippen LogP contribution in [0.1, 0.15) is 0 Å². The molecule has 0 radical (unpaired) electrons. The molecule has 0 aliphatic heterocycles. The number of sulfonamides is 1. The summed E-state index contributed by atoms with van der Waals surface area (Å²) < 4.78 is 26.0. The predicted molar refractivity (Wildman–Crippen MR) is 113 cm³/mol. The summed E-state index contributed by atoms with van der Waals surface area (Å²) in [6, 6.07) is 19.5. The number of nitrogens with one attached hydrogen (secondary N) is 1. The van der Waals surface area contributed by atoms with Crippen molar-refractivity contribution >= 4 is 26.7 Å². The fourth-order valence-electron chi connectivity index (χ4n) is 3.22. The van der Waals surface area contributed by atoms with E-state index in [1.165, 1.54) is 12.3 Å². The van der Waals surface area contributed by atoms with Crippen LogP contribution in [0, 0.1) is 0 Å². The van der Waals surface area contributed by atoms with Crippen LogP contribution in [0.3, 0.4) is 0 Å². The van der Waals surface area contributed by atoms with Crippen LogP contribution in [-0.4, -0.2) is 29.6 Å². The average molecular weight is 407 g/mol. The Hall–Kier alpha value is -3.65. The van der Waals surface area contributed by atoms with Gasteiger partial charge >= 0.3 is 0 Å². The molecule has 146 valence electrons. The number of hydrogen-bond acceptors (Lipinski definition) is 5. The van der Waals surface area contributed by atoms with Gasteiger partial charge in [-0.05, 0) is 52.6 Å². The summed E-state index contributed by atoms with van der Waals surface area (Å²) in [6.45, 7) is 0. The van der Waals surface area contributed by atoms with Gasteiger partial charge in [0, 0.05) is 23.3 Å². The van der Waals surface area contributed by atoms with Gasteiger partial charge in [-0.1, -0.05) is 30.3 Å². The van der Waals surface area contributed by atoms with Crippen LogP contribution in [-0.2, 0) is 10.0 Å². The van der Waals surface area contributed by atoms with Crippen molar-refractivity contribution in [1.29, 1.82) is 0 Å². The number of anilines is 1. The molecule has 0 unspecified atom stereocenters. The van der Waals surface area contributed by atoms with E-state index in [1.54, 1.807) is 30.3 Å². The minimum atomic E-state index is -3.38. The molecule has 0 atom stereocenters. The number of fused-ring (bicyclic) bond motifs is 1. The second-order valence-corrected chi connectivity index (χ2v) is 8.37. The van der Waals surface area contributed by atoms with E-state index in [0.717, 1.165) is 22.9 Å². The van der Waals surface area contributed by atoms with E-state index in [1.807, 2.05) is 30.3 Å². The monoisotopic (exact) mass is 407 g/mol. The zero-order chi connectivity index (χ0) is 20.6. The second kappa shape index (κ2) is 7.06. The van der Waals surface area contributed by atoms with Crippen molar-refractivity contribution < 1.29 is 13.6 Å². The maximum Gasteiger partial charge on any atom is 0.285 e. The molecule has 0 bridgehead atoms. The van der Waals surface area contributed by atoms with Gasteiger partial charge in [0.2, 0.25) is 10.0 Å². The summed E-state index contributed by atoms with van der Waals surface area (Å²) in [4.78, 5) is 16.3. The quantitative estimate of drug-likeness (QED) is 0.505. The van der Waals surface area contributed by atoms with Gasteiger partial charge < -0.3 is 5.21 Å². The van der Waals surface area contributed by atoms with Gasteiger partial charge in [-0.2, -0.15) is 0 Å². The first-order valence-corrected chi connectivity index (χ1v) is 10.6. The molecule has 0 saturated heterocycles. The fraction of sp³-hybridized carbons (Fsp3) is 0.0476. The molecule has 8 heteroatoms. The lowest BCUT2D eigenvalue weighted by atomic mass is 9.97. The third kappa shape index (κ3) is 3.83. The van der Waals surface area contributed by atoms with E-state index in [2.05, 4.69) is 9.71 Å². The lowest BCUT2D eigenvalue weighted by Crippen LogP contribution is -2.18. The highest BCUT2D eigenvalue weighted by Gasteiger charge is 2.12. The first kappa shape index (κ1) is 18.7. The van der Waals surface area contributed by atoms with Crippen molar-refractivity contribution in [2.75, 3.05) is 11.0 Å². The zero-order valence-electron chi connectivity index (χ0n) is 15.4. The van der Waals surface area contributed by atoms with Crippen LogP contribution in [0.2, 0.25) is 0 Å². The van der Waals surface area contributed by atoms with Crippen molar-refractivity contribution in [1.82, 2.24) is 9.71 Å². The molecule has 2 aromatic carbocycles. The number of pyridine rings is 2. The highest BCUT2D eigenvalue weighted by Crippen LogP contribution is 2.30. The van der Waals surface area contributed by atoms with Crippen LogP contribution in [0.5, 0.6) is 0 Å². The molecule has 0 amide bonds. The van der Waals surface area contributed by atoms with Crippen LogP contribution < -0.4 is 10.3 Å². The predicted octanol–water partition coefficient (Wildman–Crippen LogP) is 3.34. The number of rotatable bonds is 4. The van der Waals surface area contributed by atoms with Crippen molar-refractivity contribution in [2.24, 2.45) is 0 Å². The molecule has 0 spiro atoms. The summed E-state index contributed by atoms with van der Waals surface area (Å²) in [5, 5.41) is 10.6. The standard InChI is InChI=1S/C21H17N3O4S/c1-29(27,28)23-17-8-3-6-15(12-17)14-5-2-7-16(11-14)19-13-20(25)24(26)21-18(19)9-4-10-22-21/h2-13,23,26H,1H3. The van der Waals surface area contributed by atoms with Crippen LogP contribution >= 0.6 is 0 Å². The third-order valence-corrected chi connectivity index (χ3v) is 5.03. The van der Waals surface area contributed by atoms with E-state index >= 15 is 0 Å². The number of hydrogen-bond donors (Lipinski definition) is 2. The molecule has 4 rings (SSSR count). The summed E-state index contributed by atoms with van der Waals surface area (Å²) >= 11 is 0. The van der Waals surface area contributed by atoms with Gasteiger partial charge in [-0.25, -0.2) is 13.4 Å². The Morgan fingerprint density at radius 2 is 1.62 bits per heavy atom. The smallest absolute Gasteiger partial charge is 0.285 e. The molecular weight excluding hydrogens is 390 g/mol. The highest BCUT2D eigenvalue weighted by atomic mass is 32.2. The van der Waals surface area contributed by atoms with Crippen molar-refractivity contribution in [3.8, 4) is 22.3 Å². The topological polar surface area (TPSA) is 101 Å². The first-order valence-electron chi connectivity index (χ1n) is 8.70. The van der Waals surface area contributed by atoms with Crippen LogP contribution in [0.15, 0.2) is 77.7 Å². The molecule has 0 saturated carbocycles. The second-order valence-electron chi connectivity index (χ2n) is 6.62. The molecule has 7 nitrogen and oxygen atoms in total.